The van der Waals surface area contributed by atoms with Crippen LogP contribution in [-0.4, -0.2) is 55.5 Å². The summed E-state index contributed by atoms with van der Waals surface area (Å²) in [5.74, 6) is 1.69. The van der Waals surface area contributed by atoms with Crippen LogP contribution in [0.5, 0.6) is 0 Å². The number of aliphatic imine (C=N–C) groups is 1. The molecule has 0 radical (unpaired) electrons. The first-order chi connectivity index (χ1) is 11.7. The van der Waals surface area contributed by atoms with Gasteiger partial charge in [0.2, 0.25) is 0 Å². The summed E-state index contributed by atoms with van der Waals surface area (Å²) in [7, 11) is 1.85. The molecule has 1 atom stereocenters. The van der Waals surface area contributed by atoms with Gasteiger partial charge in [0.25, 0.3) is 0 Å². The van der Waals surface area contributed by atoms with Gasteiger partial charge >= 0.3 is 0 Å². The molecule has 0 spiro atoms. The van der Waals surface area contributed by atoms with E-state index in [2.05, 4.69) is 40.0 Å². The summed E-state index contributed by atoms with van der Waals surface area (Å²) in [4.78, 5) is 9.30. The third-order valence-corrected chi connectivity index (χ3v) is 4.74. The van der Waals surface area contributed by atoms with E-state index in [-0.39, 0.29) is 0 Å². The number of benzene rings is 1. The monoisotopic (exact) mass is 327 g/mol. The average molecular weight is 327 g/mol. The molecule has 1 aliphatic rings. The summed E-state index contributed by atoms with van der Waals surface area (Å²) < 4.78 is 0. The Kier molecular flexibility index (Phi) is 7.07. The van der Waals surface area contributed by atoms with Gasteiger partial charge in [0.05, 0.1) is 11.6 Å². The first-order valence-corrected chi connectivity index (χ1v) is 8.87. The summed E-state index contributed by atoms with van der Waals surface area (Å²) >= 11 is 0. The molecule has 5 nitrogen and oxygen atoms in total. The Balaban J connectivity index is 1.84. The zero-order valence-electron chi connectivity index (χ0n) is 15.1. The molecule has 1 aromatic rings. The predicted octanol–water partition coefficient (Wildman–Crippen LogP) is 2.30. The SMILES string of the molecule is CCN(CC)CC1CCN(C(=NC)NCc2ccc(C#N)cc2)C1. The van der Waals surface area contributed by atoms with Crippen molar-refractivity contribution >= 4 is 5.96 Å². The van der Waals surface area contributed by atoms with Gasteiger partial charge in [-0.3, -0.25) is 4.99 Å². The minimum atomic E-state index is 0.696. The van der Waals surface area contributed by atoms with E-state index in [0.29, 0.717) is 5.56 Å². The molecular formula is C19H29N5. The van der Waals surface area contributed by atoms with Crippen LogP contribution in [0.1, 0.15) is 31.4 Å². The van der Waals surface area contributed by atoms with Gasteiger partial charge in [0, 0.05) is 33.2 Å². The van der Waals surface area contributed by atoms with Crippen molar-refractivity contribution < 1.29 is 0 Å². The third-order valence-electron chi connectivity index (χ3n) is 4.74. The molecule has 0 bridgehead atoms. The Bertz CT molecular complexity index is 568. The normalized spacial score (nSPS) is 18.0. The topological polar surface area (TPSA) is 54.7 Å². The lowest BCUT2D eigenvalue weighted by Gasteiger charge is -2.24. The molecule has 1 saturated heterocycles. The Hall–Kier alpha value is -2.06. The van der Waals surface area contributed by atoms with Gasteiger partial charge in [-0.25, -0.2) is 0 Å². The lowest BCUT2D eigenvalue weighted by Crippen LogP contribution is -2.40. The van der Waals surface area contributed by atoms with Gasteiger partial charge in [-0.1, -0.05) is 26.0 Å². The number of likely N-dealkylation sites (tertiary alicyclic amines) is 1. The highest BCUT2D eigenvalue weighted by molar-refractivity contribution is 5.80. The van der Waals surface area contributed by atoms with Gasteiger partial charge in [-0.05, 0) is 43.1 Å². The Labute approximate surface area is 146 Å². The van der Waals surface area contributed by atoms with Gasteiger partial charge < -0.3 is 15.1 Å². The molecule has 5 heteroatoms. The number of hydrogen-bond acceptors (Lipinski definition) is 3. The molecule has 2 rings (SSSR count). The lowest BCUT2D eigenvalue weighted by atomic mass is 10.1. The van der Waals surface area contributed by atoms with E-state index in [1.165, 1.54) is 13.0 Å². The second-order valence-corrected chi connectivity index (χ2v) is 6.30. The number of rotatable bonds is 6. The first-order valence-electron chi connectivity index (χ1n) is 8.87. The van der Waals surface area contributed by atoms with E-state index < -0.39 is 0 Å². The second-order valence-electron chi connectivity index (χ2n) is 6.30. The largest absolute Gasteiger partial charge is 0.352 e. The van der Waals surface area contributed by atoms with E-state index in [9.17, 15) is 0 Å². The van der Waals surface area contributed by atoms with Gasteiger partial charge in [-0.15, -0.1) is 0 Å². The molecule has 24 heavy (non-hydrogen) atoms. The number of hydrogen-bond donors (Lipinski definition) is 1. The van der Waals surface area contributed by atoms with Crippen LogP contribution in [0.4, 0.5) is 0 Å². The zero-order chi connectivity index (χ0) is 17.4. The average Bonchev–Trinajstić information content (AvgIpc) is 3.09. The Morgan fingerprint density at radius 2 is 2.04 bits per heavy atom. The summed E-state index contributed by atoms with van der Waals surface area (Å²) in [5.41, 5.74) is 1.86. The summed E-state index contributed by atoms with van der Waals surface area (Å²) in [6.07, 6.45) is 1.23. The molecule has 1 aliphatic heterocycles. The van der Waals surface area contributed by atoms with Crippen LogP contribution < -0.4 is 5.32 Å². The van der Waals surface area contributed by atoms with E-state index in [1.807, 2.05) is 31.3 Å². The molecule has 1 aromatic carbocycles. The number of nitrogens with one attached hydrogen (secondary N) is 1. The smallest absolute Gasteiger partial charge is 0.193 e. The fraction of sp³-hybridized carbons (Fsp3) is 0.579. The maximum Gasteiger partial charge on any atom is 0.193 e. The van der Waals surface area contributed by atoms with Crippen LogP contribution in [0, 0.1) is 17.2 Å². The highest BCUT2D eigenvalue weighted by atomic mass is 15.3. The molecule has 1 heterocycles. The molecule has 1 N–H and O–H groups in total. The Morgan fingerprint density at radius 3 is 2.62 bits per heavy atom. The summed E-state index contributed by atoms with van der Waals surface area (Å²) in [5, 5.41) is 12.3. The fourth-order valence-electron chi connectivity index (χ4n) is 3.23. The molecule has 130 valence electrons. The molecule has 0 amide bonds. The van der Waals surface area contributed by atoms with Crippen LogP contribution >= 0.6 is 0 Å². The van der Waals surface area contributed by atoms with Crippen molar-refractivity contribution in [2.45, 2.75) is 26.8 Å². The second kappa shape index (κ2) is 9.29. The third kappa shape index (κ3) is 4.97. The summed E-state index contributed by atoms with van der Waals surface area (Å²) in [6.45, 7) is 10.8. The minimum Gasteiger partial charge on any atom is -0.352 e. The Morgan fingerprint density at radius 1 is 1.33 bits per heavy atom. The quantitative estimate of drug-likeness (QED) is 0.643. The molecule has 0 saturated carbocycles. The van der Waals surface area contributed by atoms with Crippen molar-refractivity contribution in [3.63, 3.8) is 0 Å². The highest BCUT2D eigenvalue weighted by Crippen LogP contribution is 2.17. The molecule has 0 aliphatic carbocycles. The molecule has 0 aromatic heterocycles. The maximum absolute atomic E-state index is 8.86. The van der Waals surface area contributed by atoms with Crippen molar-refractivity contribution in [2.75, 3.05) is 39.8 Å². The number of guanidine groups is 1. The van der Waals surface area contributed by atoms with Crippen LogP contribution in [0.2, 0.25) is 0 Å². The number of nitriles is 1. The van der Waals surface area contributed by atoms with Crippen LogP contribution in [0.15, 0.2) is 29.3 Å². The first kappa shape index (κ1) is 18.3. The minimum absolute atomic E-state index is 0.696. The zero-order valence-corrected chi connectivity index (χ0v) is 15.1. The van der Waals surface area contributed by atoms with E-state index >= 15 is 0 Å². The van der Waals surface area contributed by atoms with Crippen molar-refractivity contribution in [3.05, 3.63) is 35.4 Å². The van der Waals surface area contributed by atoms with Crippen LogP contribution in [-0.2, 0) is 6.54 Å². The summed E-state index contributed by atoms with van der Waals surface area (Å²) in [6, 6.07) is 9.85. The van der Waals surface area contributed by atoms with Crippen molar-refractivity contribution in [2.24, 2.45) is 10.9 Å². The fourth-order valence-corrected chi connectivity index (χ4v) is 3.23. The number of nitrogens with zero attached hydrogens (tertiary/aromatic N) is 4. The van der Waals surface area contributed by atoms with Crippen LogP contribution in [0.3, 0.4) is 0 Å². The van der Waals surface area contributed by atoms with Gasteiger partial charge in [0.15, 0.2) is 5.96 Å². The van der Waals surface area contributed by atoms with E-state index in [1.54, 1.807) is 0 Å². The maximum atomic E-state index is 8.86. The van der Waals surface area contributed by atoms with Crippen molar-refractivity contribution in [1.29, 1.82) is 5.26 Å². The van der Waals surface area contributed by atoms with Crippen molar-refractivity contribution in [1.82, 2.24) is 15.1 Å². The van der Waals surface area contributed by atoms with Gasteiger partial charge in [0.1, 0.15) is 0 Å². The predicted molar refractivity (Wildman–Crippen MR) is 98.8 cm³/mol. The molecule has 1 fully saturated rings. The van der Waals surface area contributed by atoms with Crippen molar-refractivity contribution in [3.8, 4) is 6.07 Å². The molecular weight excluding hydrogens is 298 g/mol. The lowest BCUT2D eigenvalue weighted by molar-refractivity contribution is 0.255. The highest BCUT2D eigenvalue weighted by Gasteiger charge is 2.25. The standard InChI is InChI=1S/C19H29N5/c1-4-23(5-2)14-18-10-11-24(15-18)19(21-3)22-13-17-8-6-16(12-20)7-9-17/h6-9,18H,4-5,10-11,13-15H2,1-3H3,(H,21,22). The van der Waals surface area contributed by atoms with Crippen LogP contribution in [0.25, 0.3) is 0 Å². The van der Waals surface area contributed by atoms with E-state index in [4.69, 9.17) is 5.26 Å². The molecule has 1 unspecified atom stereocenters. The van der Waals surface area contributed by atoms with Gasteiger partial charge in [-0.2, -0.15) is 5.26 Å². The van der Waals surface area contributed by atoms with E-state index in [0.717, 1.165) is 50.2 Å².